The highest BCUT2D eigenvalue weighted by Gasteiger charge is 2.36. The van der Waals surface area contributed by atoms with Crippen molar-refractivity contribution in [1.82, 2.24) is 19.1 Å². The van der Waals surface area contributed by atoms with Crippen LogP contribution in [0.4, 0.5) is 0 Å². The van der Waals surface area contributed by atoms with E-state index in [2.05, 4.69) is 9.97 Å². The number of benzene rings is 1. The Balaban J connectivity index is 2.19. The summed E-state index contributed by atoms with van der Waals surface area (Å²) < 4.78 is 12.5. The molecule has 3 heterocycles. The maximum absolute atomic E-state index is 12.9. The summed E-state index contributed by atoms with van der Waals surface area (Å²) in [6.45, 7) is 0. The summed E-state index contributed by atoms with van der Waals surface area (Å²) in [4.78, 5) is 53.9. The molecule has 1 atom stereocenters. The Morgan fingerprint density at radius 2 is 1.72 bits per heavy atom. The molecule has 0 aliphatic carbocycles. The van der Waals surface area contributed by atoms with Crippen molar-refractivity contribution in [3.63, 3.8) is 0 Å². The number of fused-ring (bicyclic) bond motifs is 2. The first-order chi connectivity index (χ1) is 13.8. The van der Waals surface area contributed by atoms with Crippen LogP contribution in [0.15, 0.2) is 37.4 Å². The van der Waals surface area contributed by atoms with Crippen molar-refractivity contribution in [3.05, 3.63) is 76.6 Å². The van der Waals surface area contributed by atoms with Crippen LogP contribution < -0.4 is 37.1 Å². The number of hydrogen-bond acceptors (Lipinski definition) is 7. The van der Waals surface area contributed by atoms with Crippen molar-refractivity contribution < 1.29 is 14.6 Å². The summed E-state index contributed by atoms with van der Waals surface area (Å²) in [7, 11) is 3.86. The number of methoxy groups -OCH3 is 1. The molecule has 1 unspecified atom stereocenters. The highest BCUT2D eigenvalue weighted by atomic mass is 16.5. The summed E-state index contributed by atoms with van der Waals surface area (Å²) >= 11 is 0. The van der Waals surface area contributed by atoms with Crippen molar-refractivity contribution in [1.29, 1.82) is 0 Å². The van der Waals surface area contributed by atoms with Gasteiger partial charge in [-0.05, 0) is 11.9 Å². The quantitative estimate of drug-likeness (QED) is 0.431. The van der Waals surface area contributed by atoms with Crippen LogP contribution in [0.25, 0.3) is 0 Å². The highest BCUT2D eigenvalue weighted by Crippen LogP contribution is 2.48. The van der Waals surface area contributed by atoms with E-state index < -0.39 is 34.3 Å². The van der Waals surface area contributed by atoms with E-state index in [1.54, 1.807) is 18.2 Å². The third-order valence-corrected chi connectivity index (χ3v) is 4.93. The lowest BCUT2D eigenvalue weighted by molar-refractivity contribution is -0.280. The van der Waals surface area contributed by atoms with E-state index in [0.717, 1.165) is 9.13 Å². The minimum absolute atomic E-state index is 0.103. The highest BCUT2D eigenvalue weighted by molar-refractivity contribution is 5.61. The Labute approximate surface area is 161 Å². The fourth-order valence-corrected chi connectivity index (χ4v) is 3.41. The van der Waals surface area contributed by atoms with Crippen LogP contribution in [0, 0.1) is 0 Å². The zero-order valence-corrected chi connectivity index (χ0v) is 15.6. The van der Waals surface area contributed by atoms with E-state index in [1.165, 1.54) is 21.2 Å². The fraction of sp³-hybridized carbons (Fsp3) is 0.222. The minimum atomic E-state index is -1.19. The molecule has 1 aliphatic heterocycles. The van der Waals surface area contributed by atoms with Crippen molar-refractivity contribution in [2.45, 2.75) is 5.92 Å². The lowest BCUT2D eigenvalue weighted by Gasteiger charge is -2.30. The van der Waals surface area contributed by atoms with Crippen LogP contribution in [0.1, 0.15) is 22.6 Å². The Kier molecular flexibility index (Phi) is 3.96. The molecule has 1 aliphatic rings. The molecule has 0 radical (unpaired) electrons. The molecule has 0 amide bonds. The first-order valence-corrected chi connectivity index (χ1v) is 8.44. The second-order valence-corrected chi connectivity index (χ2v) is 6.49. The fourth-order valence-electron chi connectivity index (χ4n) is 3.41. The number of aromatic amines is 2. The number of para-hydroxylation sites is 1. The number of aromatic nitrogens is 4. The first kappa shape index (κ1) is 18.3. The predicted molar refractivity (Wildman–Crippen MR) is 98.1 cm³/mol. The van der Waals surface area contributed by atoms with E-state index in [0.29, 0.717) is 5.56 Å². The molecular weight excluding hydrogens is 384 g/mol. The largest absolute Gasteiger partial charge is 0.860 e. The molecule has 150 valence electrons. The maximum atomic E-state index is 12.9. The lowest BCUT2D eigenvalue weighted by atomic mass is 9.84. The van der Waals surface area contributed by atoms with Gasteiger partial charge >= 0.3 is 11.4 Å². The van der Waals surface area contributed by atoms with Crippen LogP contribution in [0.3, 0.4) is 0 Å². The van der Waals surface area contributed by atoms with Gasteiger partial charge in [0.05, 0.1) is 18.6 Å². The number of nitrogens with zero attached hydrogens (tertiary/aromatic N) is 2. The molecule has 11 nitrogen and oxygen atoms in total. The Bertz CT molecular complexity index is 1390. The van der Waals surface area contributed by atoms with Crippen LogP contribution >= 0.6 is 0 Å². The van der Waals surface area contributed by atoms with Gasteiger partial charge in [-0.3, -0.25) is 24.1 Å². The monoisotopic (exact) mass is 399 g/mol. The molecule has 11 heteroatoms. The molecular formula is C18H15N4O7-. The SMILES string of the molecule is COc1cccc2c1Oc1[nH]c(=O)n(C)c(=O)c1C2c1c([O-])n(C)c(=O)[nH]c1=O. The molecule has 29 heavy (non-hydrogen) atoms. The van der Waals surface area contributed by atoms with E-state index in [9.17, 15) is 24.3 Å². The van der Waals surface area contributed by atoms with Gasteiger partial charge in [0.15, 0.2) is 11.5 Å². The number of hydrogen-bond donors (Lipinski definition) is 2. The molecule has 2 aromatic heterocycles. The maximum Gasteiger partial charge on any atom is 0.330 e. The molecule has 4 rings (SSSR count). The van der Waals surface area contributed by atoms with E-state index in [1.807, 2.05) is 0 Å². The van der Waals surface area contributed by atoms with Gasteiger partial charge in [-0.1, -0.05) is 12.1 Å². The molecule has 0 saturated heterocycles. The van der Waals surface area contributed by atoms with Gasteiger partial charge in [0.2, 0.25) is 5.88 Å². The van der Waals surface area contributed by atoms with E-state index >= 15 is 0 Å². The van der Waals surface area contributed by atoms with Crippen LogP contribution in [0.5, 0.6) is 23.3 Å². The number of nitrogens with one attached hydrogen (secondary N) is 2. The van der Waals surface area contributed by atoms with Gasteiger partial charge in [-0.25, -0.2) is 9.59 Å². The normalized spacial score (nSPS) is 14.7. The summed E-state index contributed by atoms with van der Waals surface area (Å²) in [6.07, 6.45) is 0. The summed E-state index contributed by atoms with van der Waals surface area (Å²) in [5, 5.41) is 12.8. The standard InChI is InChI=1S/C18H16N4O7/c1-21-15(24)10(13(23)19-17(21)26)9-7-5-4-6-8(28-3)12(7)29-14-11(9)16(25)22(2)18(27)20-14/h4-6,9,24H,1-3H3,(H,20,27)(H,19,23,26)/p-1. The number of rotatable bonds is 2. The predicted octanol–water partition coefficient (Wildman–Crippen LogP) is -1.17. The van der Waals surface area contributed by atoms with Crippen LogP contribution in [-0.4, -0.2) is 26.2 Å². The Morgan fingerprint density at radius 3 is 2.41 bits per heavy atom. The van der Waals surface area contributed by atoms with Gasteiger partial charge in [-0.2, -0.15) is 0 Å². The van der Waals surface area contributed by atoms with Crippen molar-refractivity contribution >= 4 is 0 Å². The van der Waals surface area contributed by atoms with Gasteiger partial charge in [0, 0.05) is 25.2 Å². The smallest absolute Gasteiger partial charge is 0.330 e. The number of H-pyrrole nitrogens is 2. The van der Waals surface area contributed by atoms with Gasteiger partial charge < -0.3 is 19.1 Å². The van der Waals surface area contributed by atoms with Crippen LogP contribution in [-0.2, 0) is 14.1 Å². The molecule has 3 aromatic rings. The molecule has 2 N–H and O–H groups in total. The summed E-state index contributed by atoms with van der Waals surface area (Å²) in [6, 6.07) is 4.76. The Morgan fingerprint density at radius 1 is 1.03 bits per heavy atom. The zero-order chi connectivity index (χ0) is 21.0. The Hall–Kier alpha value is -4.02. The zero-order valence-electron chi connectivity index (χ0n) is 15.6. The summed E-state index contributed by atoms with van der Waals surface area (Å²) in [5.74, 6) is -1.84. The van der Waals surface area contributed by atoms with Crippen LogP contribution in [0.2, 0.25) is 0 Å². The molecule has 0 spiro atoms. The van der Waals surface area contributed by atoms with Gasteiger partial charge in [0.1, 0.15) is 0 Å². The molecule has 0 fully saturated rings. The third kappa shape index (κ3) is 2.51. The van der Waals surface area contributed by atoms with Crippen molar-refractivity contribution in [2.24, 2.45) is 14.1 Å². The topological polar surface area (TPSA) is 151 Å². The van der Waals surface area contributed by atoms with E-state index in [4.69, 9.17) is 9.47 Å². The lowest BCUT2D eigenvalue weighted by Crippen LogP contribution is -2.40. The van der Waals surface area contributed by atoms with Gasteiger partial charge in [0.25, 0.3) is 11.1 Å². The third-order valence-electron chi connectivity index (χ3n) is 4.93. The molecule has 0 saturated carbocycles. The minimum Gasteiger partial charge on any atom is -0.860 e. The van der Waals surface area contributed by atoms with Crippen molar-refractivity contribution in [3.8, 4) is 23.3 Å². The van der Waals surface area contributed by atoms with E-state index in [-0.39, 0.29) is 28.5 Å². The number of ether oxygens (including phenoxy) is 2. The summed E-state index contributed by atoms with van der Waals surface area (Å²) in [5.41, 5.74) is -3.43. The average Bonchev–Trinajstić information content (AvgIpc) is 2.69. The first-order valence-electron chi connectivity index (χ1n) is 8.44. The molecule has 0 bridgehead atoms. The average molecular weight is 399 g/mol. The molecule has 1 aromatic carbocycles. The van der Waals surface area contributed by atoms with Gasteiger partial charge in [-0.15, -0.1) is 0 Å². The van der Waals surface area contributed by atoms with Crippen molar-refractivity contribution in [2.75, 3.05) is 7.11 Å². The second-order valence-electron chi connectivity index (χ2n) is 6.49. The second kappa shape index (κ2) is 6.26.